The number of hydrogen-bond acceptors (Lipinski definition) is 5. The minimum Gasteiger partial charge on any atom is -0.360 e. The van der Waals surface area contributed by atoms with Crippen LogP contribution in [0.4, 0.5) is 5.82 Å². The predicted octanol–water partition coefficient (Wildman–Crippen LogP) is 1.87. The highest BCUT2D eigenvalue weighted by Crippen LogP contribution is 2.28. The third-order valence-electron chi connectivity index (χ3n) is 3.15. The van der Waals surface area contributed by atoms with E-state index in [9.17, 15) is 14.4 Å². The van der Waals surface area contributed by atoms with Gasteiger partial charge in [0, 0.05) is 6.07 Å². The van der Waals surface area contributed by atoms with Crippen molar-refractivity contribution in [1.29, 1.82) is 0 Å². The van der Waals surface area contributed by atoms with E-state index in [1.807, 2.05) is 0 Å². The lowest BCUT2D eigenvalue weighted by molar-refractivity contribution is -0.116. The molecule has 0 unspecified atom stereocenters. The zero-order valence-corrected chi connectivity index (χ0v) is 12.2. The van der Waals surface area contributed by atoms with E-state index in [1.54, 1.807) is 13.0 Å². The Morgan fingerprint density at radius 1 is 1.36 bits per heavy atom. The van der Waals surface area contributed by atoms with Gasteiger partial charge in [0.25, 0.3) is 11.8 Å². The summed E-state index contributed by atoms with van der Waals surface area (Å²) in [6, 6.07) is 6.12. The van der Waals surface area contributed by atoms with Gasteiger partial charge in [-0.2, -0.15) is 0 Å². The molecule has 2 heterocycles. The third kappa shape index (κ3) is 2.35. The van der Waals surface area contributed by atoms with Crippen molar-refractivity contribution in [1.82, 2.24) is 10.1 Å². The molecule has 1 aliphatic heterocycles. The van der Waals surface area contributed by atoms with Crippen LogP contribution in [-0.4, -0.2) is 34.3 Å². The highest BCUT2D eigenvalue weighted by atomic mass is 35.5. The van der Waals surface area contributed by atoms with Crippen LogP contribution in [0.25, 0.3) is 0 Å². The SMILES string of the molecule is Cc1cc(NC(=O)CN2C(=O)c3cccc(Cl)c3C2=O)no1. The number of benzene rings is 1. The Bertz CT molecular complexity index is 799. The van der Waals surface area contributed by atoms with Crippen molar-refractivity contribution in [2.45, 2.75) is 6.92 Å². The molecule has 1 N–H and O–H groups in total. The van der Waals surface area contributed by atoms with E-state index in [4.69, 9.17) is 16.1 Å². The van der Waals surface area contributed by atoms with Crippen molar-refractivity contribution in [2.24, 2.45) is 0 Å². The molecule has 7 nitrogen and oxygen atoms in total. The van der Waals surface area contributed by atoms with Crippen LogP contribution in [0, 0.1) is 6.92 Å². The molecule has 1 aliphatic rings. The summed E-state index contributed by atoms with van der Waals surface area (Å²) in [6.45, 7) is 1.25. The van der Waals surface area contributed by atoms with Crippen molar-refractivity contribution < 1.29 is 18.9 Å². The van der Waals surface area contributed by atoms with E-state index < -0.39 is 24.3 Å². The topological polar surface area (TPSA) is 92.5 Å². The highest BCUT2D eigenvalue weighted by molar-refractivity contribution is 6.37. The van der Waals surface area contributed by atoms with Crippen LogP contribution in [0.1, 0.15) is 26.5 Å². The first-order chi connectivity index (χ1) is 10.5. The molecule has 0 saturated carbocycles. The Kier molecular flexibility index (Phi) is 3.42. The molecule has 0 atom stereocenters. The Labute approximate surface area is 129 Å². The van der Waals surface area contributed by atoms with Gasteiger partial charge in [-0.15, -0.1) is 0 Å². The van der Waals surface area contributed by atoms with Gasteiger partial charge in [0.2, 0.25) is 5.91 Å². The number of rotatable bonds is 3. The molecular formula is C14H10ClN3O4. The van der Waals surface area contributed by atoms with Crippen LogP contribution in [0.2, 0.25) is 5.02 Å². The number of anilines is 1. The number of nitrogens with zero attached hydrogens (tertiary/aromatic N) is 2. The number of aryl methyl sites for hydroxylation is 1. The fraction of sp³-hybridized carbons (Fsp3) is 0.143. The molecule has 8 heteroatoms. The lowest BCUT2D eigenvalue weighted by Gasteiger charge is -2.12. The second-order valence-corrected chi connectivity index (χ2v) is 5.14. The summed E-state index contributed by atoms with van der Waals surface area (Å²) in [5.74, 6) is -0.940. The zero-order chi connectivity index (χ0) is 15.9. The average Bonchev–Trinajstić information content (AvgIpc) is 2.97. The number of imide groups is 1. The number of halogens is 1. The summed E-state index contributed by atoms with van der Waals surface area (Å²) in [4.78, 5) is 37.2. The summed E-state index contributed by atoms with van der Waals surface area (Å²) in [5.41, 5.74) is 0.321. The van der Waals surface area contributed by atoms with Crippen LogP contribution < -0.4 is 5.32 Å². The normalized spacial score (nSPS) is 13.5. The zero-order valence-electron chi connectivity index (χ0n) is 11.4. The van der Waals surface area contributed by atoms with Crippen molar-refractivity contribution in [3.63, 3.8) is 0 Å². The molecule has 0 fully saturated rings. The first kappa shape index (κ1) is 14.3. The molecule has 0 spiro atoms. The number of hydrogen-bond donors (Lipinski definition) is 1. The molecule has 3 rings (SSSR count). The van der Waals surface area contributed by atoms with E-state index in [1.165, 1.54) is 18.2 Å². The summed E-state index contributed by atoms with van der Waals surface area (Å²) in [6.07, 6.45) is 0. The highest BCUT2D eigenvalue weighted by Gasteiger charge is 2.38. The van der Waals surface area contributed by atoms with Crippen molar-refractivity contribution in [3.8, 4) is 0 Å². The lowest BCUT2D eigenvalue weighted by atomic mass is 10.1. The number of carbonyl (C=O) groups is 3. The van der Waals surface area contributed by atoms with Crippen LogP contribution in [0.3, 0.4) is 0 Å². The molecule has 1 aromatic heterocycles. The van der Waals surface area contributed by atoms with E-state index in [-0.39, 0.29) is 22.0 Å². The number of nitrogens with one attached hydrogen (secondary N) is 1. The molecule has 112 valence electrons. The van der Waals surface area contributed by atoms with Gasteiger partial charge < -0.3 is 9.84 Å². The maximum Gasteiger partial charge on any atom is 0.263 e. The maximum atomic E-state index is 12.2. The smallest absolute Gasteiger partial charge is 0.263 e. The van der Waals surface area contributed by atoms with Gasteiger partial charge in [0.05, 0.1) is 16.1 Å². The van der Waals surface area contributed by atoms with Crippen molar-refractivity contribution in [2.75, 3.05) is 11.9 Å². The molecular weight excluding hydrogens is 310 g/mol. The van der Waals surface area contributed by atoms with E-state index in [2.05, 4.69) is 10.5 Å². The van der Waals surface area contributed by atoms with E-state index >= 15 is 0 Å². The van der Waals surface area contributed by atoms with Crippen LogP contribution in [0.15, 0.2) is 28.8 Å². The lowest BCUT2D eigenvalue weighted by Crippen LogP contribution is -2.37. The third-order valence-corrected chi connectivity index (χ3v) is 3.46. The van der Waals surface area contributed by atoms with Gasteiger partial charge in [0.15, 0.2) is 5.82 Å². The van der Waals surface area contributed by atoms with Crippen LogP contribution in [-0.2, 0) is 4.79 Å². The number of amides is 3. The molecule has 2 aromatic rings. The molecule has 1 aromatic carbocycles. The fourth-order valence-electron chi connectivity index (χ4n) is 2.19. The van der Waals surface area contributed by atoms with Crippen molar-refractivity contribution in [3.05, 3.63) is 46.2 Å². The Balaban J connectivity index is 1.77. The van der Waals surface area contributed by atoms with Gasteiger partial charge in [-0.3, -0.25) is 19.3 Å². The molecule has 0 radical (unpaired) electrons. The van der Waals surface area contributed by atoms with Gasteiger partial charge in [0.1, 0.15) is 12.3 Å². The Hall–Kier alpha value is -2.67. The van der Waals surface area contributed by atoms with Gasteiger partial charge in [-0.05, 0) is 19.1 Å². The number of fused-ring (bicyclic) bond motifs is 1. The van der Waals surface area contributed by atoms with Gasteiger partial charge in [-0.25, -0.2) is 0 Å². The van der Waals surface area contributed by atoms with E-state index in [0.717, 1.165) is 4.90 Å². The predicted molar refractivity (Wildman–Crippen MR) is 76.7 cm³/mol. The summed E-state index contributed by atoms with van der Waals surface area (Å²) in [5, 5.41) is 6.24. The minimum atomic E-state index is -0.586. The van der Waals surface area contributed by atoms with E-state index in [0.29, 0.717) is 5.76 Å². The summed E-state index contributed by atoms with van der Waals surface area (Å²) in [7, 11) is 0. The summed E-state index contributed by atoms with van der Waals surface area (Å²) < 4.78 is 4.81. The number of carbonyl (C=O) groups excluding carboxylic acids is 3. The van der Waals surface area contributed by atoms with Crippen molar-refractivity contribution >= 4 is 35.1 Å². The minimum absolute atomic E-state index is 0.124. The first-order valence-electron chi connectivity index (χ1n) is 6.35. The van der Waals surface area contributed by atoms with Crippen LogP contribution in [0.5, 0.6) is 0 Å². The monoisotopic (exact) mass is 319 g/mol. The average molecular weight is 320 g/mol. The fourth-order valence-corrected chi connectivity index (χ4v) is 2.44. The first-order valence-corrected chi connectivity index (χ1v) is 6.73. The second-order valence-electron chi connectivity index (χ2n) is 4.73. The molecule has 3 amide bonds. The molecule has 22 heavy (non-hydrogen) atoms. The molecule has 0 saturated heterocycles. The molecule has 0 aliphatic carbocycles. The Morgan fingerprint density at radius 2 is 2.14 bits per heavy atom. The van der Waals surface area contributed by atoms with Gasteiger partial charge in [-0.1, -0.05) is 22.8 Å². The molecule has 0 bridgehead atoms. The second kappa shape index (κ2) is 5.27. The number of aromatic nitrogens is 1. The van der Waals surface area contributed by atoms with Crippen LogP contribution >= 0.6 is 11.6 Å². The Morgan fingerprint density at radius 3 is 2.77 bits per heavy atom. The quantitative estimate of drug-likeness (QED) is 0.872. The van der Waals surface area contributed by atoms with Gasteiger partial charge >= 0.3 is 0 Å². The summed E-state index contributed by atoms with van der Waals surface area (Å²) >= 11 is 5.94. The largest absolute Gasteiger partial charge is 0.360 e. The standard InChI is InChI=1S/C14H10ClN3O4/c1-7-5-10(17-22-7)16-11(19)6-18-13(20)8-3-2-4-9(15)12(8)14(18)21/h2-5H,6H2,1H3,(H,16,17,19). The maximum absolute atomic E-state index is 12.2.